The second-order valence-corrected chi connectivity index (χ2v) is 19.6. The molecule has 0 radical (unpaired) electrons. The SMILES string of the molecule is CC(C)c1nc2c(c3c1C(c1ccc(C(F)(F)F)cn1)OC31CCCC1)C(O[Si](C)(C)C(C)(C)C)CC(C)(C)C2. The van der Waals surface area contributed by atoms with Crippen LogP contribution in [0.15, 0.2) is 18.3 Å². The third-order valence-corrected chi connectivity index (χ3v) is 14.2. The number of pyridine rings is 2. The number of hydrogen-bond donors (Lipinski definition) is 0. The van der Waals surface area contributed by atoms with Crippen LogP contribution in [0.25, 0.3) is 0 Å². The summed E-state index contributed by atoms with van der Waals surface area (Å²) in [5, 5.41) is 0.0530. The molecule has 220 valence electrons. The highest BCUT2D eigenvalue weighted by molar-refractivity contribution is 6.74. The van der Waals surface area contributed by atoms with Crippen LogP contribution in [0.2, 0.25) is 18.1 Å². The molecule has 8 heteroatoms. The van der Waals surface area contributed by atoms with E-state index in [2.05, 4.69) is 66.5 Å². The summed E-state index contributed by atoms with van der Waals surface area (Å²) in [6.45, 7) is 20.3. The minimum Gasteiger partial charge on any atom is -0.410 e. The van der Waals surface area contributed by atoms with Crippen molar-refractivity contribution in [2.75, 3.05) is 0 Å². The molecule has 5 rings (SSSR count). The molecular weight excluding hydrogens is 529 g/mol. The van der Waals surface area contributed by atoms with Crippen molar-refractivity contribution in [1.29, 1.82) is 0 Å². The number of ether oxygens (including phenoxy) is 1. The number of fused-ring (bicyclic) bond motifs is 4. The predicted octanol–water partition coefficient (Wildman–Crippen LogP) is 9.54. The van der Waals surface area contributed by atoms with Crippen LogP contribution in [0.3, 0.4) is 0 Å². The number of nitrogens with zero attached hydrogens (tertiary/aromatic N) is 2. The van der Waals surface area contributed by atoms with Gasteiger partial charge >= 0.3 is 6.18 Å². The smallest absolute Gasteiger partial charge is 0.410 e. The lowest BCUT2D eigenvalue weighted by molar-refractivity contribution is -0.137. The van der Waals surface area contributed by atoms with E-state index in [9.17, 15) is 13.2 Å². The van der Waals surface area contributed by atoms with Crippen molar-refractivity contribution in [3.63, 3.8) is 0 Å². The summed E-state index contributed by atoms with van der Waals surface area (Å²) in [7, 11) is -2.14. The zero-order valence-corrected chi connectivity index (χ0v) is 26.6. The van der Waals surface area contributed by atoms with Gasteiger partial charge in [0.25, 0.3) is 0 Å². The van der Waals surface area contributed by atoms with E-state index in [-0.39, 0.29) is 22.5 Å². The molecule has 2 unspecified atom stereocenters. The van der Waals surface area contributed by atoms with Crippen molar-refractivity contribution in [2.45, 2.75) is 135 Å². The molecule has 0 amide bonds. The summed E-state index contributed by atoms with van der Waals surface area (Å²) in [5.41, 5.74) is 4.83. The summed E-state index contributed by atoms with van der Waals surface area (Å²) in [4.78, 5) is 9.69. The molecule has 3 heterocycles. The van der Waals surface area contributed by atoms with Gasteiger partial charge in [0, 0.05) is 28.7 Å². The van der Waals surface area contributed by atoms with Crippen LogP contribution in [0.4, 0.5) is 13.2 Å². The lowest BCUT2D eigenvalue weighted by atomic mass is 9.70. The molecule has 0 saturated heterocycles. The molecule has 4 nitrogen and oxygen atoms in total. The van der Waals surface area contributed by atoms with Crippen molar-refractivity contribution in [1.82, 2.24) is 9.97 Å². The highest BCUT2D eigenvalue weighted by atomic mass is 28.4. The fourth-order valence-electron chi connectivity index (χ4n) is 6.72. The Morgan fingerprint density at radius 1 is 1.05 bits per heavy atom. The van der Waals surface area contributed by atoms with Crippen LogP contribution < -0.4 is 0 Å². The quantitative estimate of drug-likeness (QED) is 0.341. The number of halogens is 3. The Hall–Kier alpha value is -1.77. The zero-order chi connectivity index (χ0) is 29.5. The predicted molar refractivity (Wildman–Crippen MR) is 154 cm³/mol. The maximum Gasteiger partial charge on any atom is 0.417 e. The summed E-state index contributed by atoms with van der Waals surface area (Å²) in [5.74, 6) is 0.126. The van der Waals surface area contributed by atoms with E-state index in [4.69, 9.17) is 14.1 Å². The molecule has 2 aromatic heterocycles. The Bertz CT molecular complexity index is 1270. The Balaban J connectivity index is 1.75. The molecule has 1 saturated carbocycles. The first-order chi connectivity index (χ1) is 18.4. The Labute approximate surface area is 238 Å². The fraction of sp³-hybridized carbons (Fsp3) is 0.688. The monoisotopic (exact) mass is 574 g/mol. The van der Waals surface area contributed by atoms with E-state index in [0.717, 1.165) is 67.7 Å². The summed E-state index contributed by atoms with van der Waals surface area (Å²) >= 11 is 0. The van der Waals surface area contributed by atoms with E-state index < -0.39 is 31.8 Å². The van der Waals surface area contributed by atoms with Crippen molar-refractivity contribution in [3.05, 3.63) is 57.7 Å². The van der Waals surface area contributed by atoms with E-state index in [1.807, 2.05) is 0 Å². The standard InChI is InChI=1S/C32H45F3N2O2Si/c1-19(2)27-25-26(24-22(37-27)16-30(6,7)17-23(24)39-40(8,9)29(3,4)5)31(14-10-11-15-31)38-28(25)21-13-12-20(18-36-21)32(33,34)35/h12-13,18-19,23,28H,10-11,14-17H2,1-9H3. The summed E-state index contributed by atoms with van der Waals surface area (Å²) < 4.78 is 54.4. The third kappa shape index (κ3) is 5.06. The molecule has 1 spiro atoms. The minimum absolute atomic E-state index is 0.0339. The van der Waals surface area contributed by atoms with E-state index in [0.29, 0.717) is 5.69 Å². The van der Waals surface area contributed by atoms with Gasteiger partial charge in [-0.2, -0.15) is 13.2 Å². The number of rotatable bonds is 4. The van der Waals surface area contributed by atoms with Crippen LogP contribution >= 0.6 is 0 Å². The van der Waals surface area contributed by atoms with Gasteiger partial charge in [0.2, 0.25) is 0 Å². The Kier molecular flexibility index (Phi) is 7.15. The maximum absolute atomic E-state index is 13.4. The Morgan fingerprint density at radius 3 is 2.23 bits per heavy atom. The molecule has 0 aromatic carbocycles. The molecular formula is C32H45F3N2O2Si. The average Bonchev–Trinajstić information content (AvgIpc) is 3.41. The van der Waals surface area contributed by atoms with Gasteiger partial charge in [-0.15, -0.1) is 0 Å². The number of hydrogen-bond acceptors (Lipinski definition) is 4. The molecule has 3 aliphatic rings. The van der Waals surface area contributed by atoms with E-state index >= 15 is 0 Å². The molecule has 2 aliphatic carbocycles. The fourth-order valence-corrected chi connectivity index (χ4v) is 7.98. The van der Waals surface area contributed by atoms with Crippen LogP contribution in [0.1, 0.15) is 138 Å². The van der Waals surface area contributed by atoms with Gasteiger partial charge in [0.1, 0.15) is 6.10 Å². The zero-order valence-electron chi connectivity index (χ0n) is 25.6. The highest BCUT2D eigenvalue weighted by Gasteiger charge is 2.54. The van der Waals surface area contributed by atoms with Crippen LogP contribution in [-0.2, 0) is 27.4 Å². The maximum atomic E-state index is 13.4. The first kappa shape index (κ1) is 29.7. The van der Waals surface area contributed by atoms with Gasteiger partial charge in [0.05, 0.1) is 23.0 Å². The van der Waals surface area contributed by atoms with Crippen LogP contribution in [0.5, 0.6) is 0 Å². The van der Waals surface area contributed by atoms with Gasteiger partial charge in [0.15, 0.2) is 8.32 Å². The van der Waals surface area contributed by atoms with Gasteiger partial charge in [-0.05, 0) is 72.8 Å². The molecule has 1 fully saturated rings. The summed E-state index contributed by atoms with van der Waals surface area (Å²) in [6, 6.07) is 2.61. The summed E-state index contributed by atoms with van der Waals surface area (Å²) in [6.07, 6.45) is 1.52. The molecule has 1 aliphatic heterocycles. The molecule has 0 N–H and O–H groups in total. The van der Waals surface area contributed by atoms with E-state index in [1.165, 1.54) is 17.2 Å². The molecule has 0 bridgehead atoms. The first-order valence-electron chi connectivity index (χ1n) is 14.8. The second-order valence-electron chi connectivity index (χ2n) is 14.9. The largest absolute Gasteiger partial charge is 0.417 e. The van der Waals surface area contributed by atoms with Crippen molar-refractivity contribution >= 4 is 8.32 Å². The Morgan fingerprint density at radius 2 is 1.70 bits per heavy atom. The van der Waals surface area contributed by atoms with Crippen molar-refractivity contribution < 1.29 is 22.3 Å². The van der Waals surface area contributed by atoms with Gasteiger partial charge in [-0.1, -0.05) is 61.3 Å². The van der Waals surface area contributed by atoms with Crippen molar-refractivity contribution in [3.8, 4) is 0 Å². The van der Waals surface area contributed by atoms with Crippen LogP contribution in [-0.4, -0.2) is 18.3 Å². The topological polar surface area (TPSA) is 44.2 Å². The average molecular weight is 575 g/mol. The minimum atomic E-state index is -4.43. The lowest BCUT2D eigenvalue weighted by Gasteiger charge is -2.45. The second kappa shape index (κ2) is 9.63. The van der Waals surface area contributed by atoms with E-state index in [1.54, 1.807) is 0 Å². The lowest BCUT2D eigenvalue weighted by Crippen LogP contribution is -2.44. The molecule has 40 heavy (non-hydrogen) atoms. The number of alkyl halides is 3. The van der Waals surface area contributed by atoms with Crippen molar-refractivity contribution in [2.24, 2.45) is 5.41 Å². The molecule has 2 atom stereocenters. The number of aromatic nitrogens is 2. The highest BCUT2D eigenvalue weighted by Crippen LogP contribution is 2.60. The van der Waals surface area contributed by atoms with Gasteiger partial charge in [-0.3, -0.25) is 9.97 Å². The van der Waals surface area contributed by atoms with Gasteiger partial charge in [-0.25, -0.2) is 0 Å². The molecule has 2 aromatic rings. The first-order valence-corrected chi connectivity index (χ1v) is 17.7. The van der Waals surface area contributed by atoms with Crippen LogP contribution in [0, 0.1) is 5.41 Å². The third-order valence-electron chi connectivity index (χ3n) is 9.73. The normalized spacial score (nSPS) is 24.0. The van der Waals surface area contributed by atoms with Gasteiger partial charge < -0.3 is 9.16 Å².